The minimum Gasteiger partial charge on any atom is -0.390 e. The molecule has 0 aromatic carbocycles. The third kappa shape index (κ3) is 3.06. The van der Waals surface area contributed by atoms with Crippen LogP contribution in [0.25, 0.3) is 0 Å². The third-order valence-corrected chi connectivity index (χ3v) is 2.82. The fraction of sp³-hybridized carbons (Fsp3) is 0.750. The summed E-state index contributed by atoms with van der Waals surface area (Å²) in [4.78, 5) is 0. The van der Waals surface area contributed by atoms with Crippen molar-refractivity contribution >= 4 is 0 Å². The van der Waals surface area contributed by atoms with E-state index in [9.17, 15) is 5.11 Å². The van der Waals surface area contributed by atoms with Gasteiger partial charge in [-0.05, 0) is 33.8 Å². The highest BCUT2D eigenvalue weighted by molar-refractivity contribution is 5.10. The highest BCUT2D eigenvalue weighted by atomic mass is 16.5. The van der Waals surface area contributed by atoms with Crippen molar-refractivity contribution < 1.29 is 9.84 Å². The van der Waals surface area contributed by atoms with Gasteiger partial charge in [-0.15, -0.1) is 0 Å². The lowest BCUT2D eigenvalue weighted by Gasteiger charge is -2.30. The largest absolute Gasteiger partial charge is 0.390 e. The van der Waals surface area contributed by atoms with E-state index in [1.807, 2.05) is 40.8 Å². The van der Waals surface area contributed by atoms with Gasteiger partial charge in [0, 0.05) is 25.8 Å². The number of hydrogen-bond donors (Lipinski definition) is 1. The lowest BCUT2D eigenvalue weighted by Crippen LogP contribution is -2.40. The smallest absolute Gasteiger partial charge is 0.0887 e. The molecule has 1 N–H and O–H groups in total. The molecule has 1 aromatic heterocycles. The summed E-state index contributed by atoms with van der Waals surface area (Å²) in [5.41, 5.74) is 1.48. The van der Waals surface area contributed by atoms with Crippen molar-refractivity contribution in [3.63, 3.8) is 0 Å². The Kier molecular flexibility index (Phi) is 4.10. The first kappa shape index (κ1) is 13.2. The van der Waals surface area contributed by atoms with E-state index in [2.05, 4.69) is 5.10 Å². The van der Waals surface area contributed by atoms with Gasteiger partial charge in [-0.25, -0.2) is 0 Å². The van der Waals surface area contributed by atoms with Gasteiger partial charge in [0.05, 0.1) is 17.4 Å². The number of aliphatic hydroxyl groups excluding tert-OH is 1. The molecule has 1 aromatic rings. The van der Waals surface area contributed by atoms with Crippen LogP contribution in [0.2, 0.25) is 0 Å². The Hall–Kier alpha value is -0.870. The molecule has 1 atom stereocenters. The summed E-state index contributed by atoms with van der Waals surface area (Å²) in [5.74, 6) is 0. The molecule has 0 saturated carbocycles. The van der Waals surface area contributed by atoms with Crippen LogP contribution in [-0.2, 0) is 18.2 Å². The maximum Gasteiger partial charge on any atom is 0.0887 e. The van der Waals surface area contributed by atoms with Gasteiger partial charge in [0.25, 0.3) is 0 Å². The first-order chi connectivity index (χ1) is 7.36. The maximum atomic E-state index is 10.1. The fourth-order valence-corrected chi connectivity index (χ4v) is 1.77. The highest BCUT2D eigenvalue weighted by Gasteiger charge is 2.29. The van der Waals surface area contributed by atoms with Gasteiger partial charge in [-0.2, -0.15) is 5.10 Å². The van der Waals surface area contributed by atoms with Crippen LogP contribution in [0.4, 0.5) is 0 Å². The minimum absolute atomic E-state index is 0.521. The van der Waals surface area contributed by atoms with Crippen molar-refractivity contribution in [3.05, 3.63) is 17.5 Å². The second kappa shape index (κ2) is 4.97. The molecule has 0 spiro atoms. The van der Waals surface area contributed by atoms with Crippen LogP contribution in [0.1, 0.15) is 32.2 Å². The number of aromatic nitrogens is 2. The first-order valence-corrected chi connectivity index (χ1v) is 5.68. The van der Waals surface area contributed by atoms with Gasteiger partial charge in [0.2, 0.25) is 0 Å². The molecule has 0 amide bonds. The Morgan fingerprint density at radius 2 is 2.19 bits per heavy atom. The monoisotopic (exact) mass is 226 g/mol. The van der Waals surface area contributed by atoms with Crippen molar-refractivity contribution in [2.24, 2.45) is 7.05 Å². The van der Waals surface area contributed by atoms with Crippen molar-refractivity contribution in [2.45, 2.75) is 45.8 Å². The van der Waals surface area contributed by atoms with Crippen LogP contribution in [0.5, 0.6) is 0 Å². The van der Waals surface area contributed by atoms with Crippen LogP contribution in [0, 0.1) is 6.92 Å². The number of aryl methyl sites for hydroxylation is 2. The molecule has 0 fully saturated rings. The van der Waals surface area contributed by atoms with Crippen molar-refractivity contribution in [2.75, 3.05) is 6.61 Å². The topological polar surface area (TPSA) is 47.3 Å². The average Bonchev–Trinajstić information content (AvgIpc) is 2.45. The molecular weight excluding hydrogens is 204 g/mol. The molecule has 0 aliphatic rings. The quantitative estimate of drug-likeness (QED) is 0.826. The number of ether oxygens (including phenoxy) is 1. The molecule has 4 heteroatoms. The predicted molar refractivity (Wildman–Crippen MR) is 63.4 cm³/mol. The van der Waals surface area contributed by atoms with E-state index in [-0.39, 0.29) is 0 Å². The Morgan fingerprint density at radius 1 is 1.56 bits per heavy atom. The molecule has 0 aliphatic carbocycles. The molecule has 1 unspecified atom stereocenters. The summed E-state index contributed by atoms with van der Waals surface area (Å²) >= 11 is 0. The summed E-state index contributed by atoms with van der Waals surface area (Å²) in [6.45, 7) is 8.30. The summed E-state index contributed by atoms with van der Waals surface area (Å²) in [6.07, 6.45) is 0.0342. The highest BCUT2D eigenvalue weighted by Crippen LogP contribution is 2.19. The van der Waals surface area contributed by atoms with E-state index < -0.39 is 11.7 Å². The van der Waals surface area contributed by atoms with Gasteiger partial charge in [-0.3, -0.25) is 4.68 Å². The summed E-state index contributed by atoms with van der Waals surface area (Å²) < 4.78 is 7.34. The van der Waals surface area contributed by atoms with E-state index in [4.69, 9.17) is 4.74 Å². The van der Waals surface area contributed by atoms with E-state index in [1.54, 1.807) is 4.68 Å². The molecule has 0 radical (unpaired) electrons. The maximum absolute atomic E-state index is 10.1. The van der Waals surface area contributed by atoms with E-state index in [1.165, 1.54) is 0 Å². The fourth-order valence-electron chi connectivity index (χ4n) is 1.77. The van der Waals surface area contributed by atoms with E-state index >= 15 is 0 Å². The molecule has 4 nitrogen and oxygen atoms in total. The van der Waals surface area contributed by atoms with Gasteiger partial charge in [-0.1, -0.05) is 0 Å². The Morgan fingerprint density at radius 3 is 2.62 bits per heavy atom. The standard InChI is InChI=1S/C12H22N2O2/c1-6-16-12(3,4)11(15)8-10-7-9(2)13-14(10)5/h7,11,15H,6,8H2,1-5H3. The Labute approximate surface area is 97.2 Å². The third-order valence-electron chi connectivity index (χ3n) is 2.82. The van der Waals surface area contributed by atoms with Gasteiger partial charge >= 0.3 is 0 Å². The zero-order valence-electron chi connectivity index (χ0n) is 10.8. The van der Waals surface area contributed by atoms with Crippen LogP contribution < -0.4 is 0 Å². The normalized spacial score (nSPS) is 14.1. The zero-order chi connectivity index (χ0) is 12.3. The second-order valence-electron chi connectivity index (χ2n) is 4.66. The lowest BCUT2D eigenvalue weighted by atomic mass is 9.97. The van der Waals surface area contributed by atoms with Gasteiger partial charge in [0.1, 0.15) is 0 Å². The first-order valence-electron chi connectivity index (χ1n) is 5.68. The molecule has 16 heavy (non-hydrogen) atoms. The molecule has 0 saturated heterocycles. The number of aliphatic hydroxyl groups is 1. The average molecular weight is 226 g/mol. The van der Waals surface area contributed by atoms with Crippen LogP contribution >= 0.6 is 0 Å². The van der Waals surface area contributed by atoms with Crippen LogP contribution in [0.3, 0.4) is 0 Å². The summed E-state index contributed by atoms with van der Waals surface area (Å²) in [7, 11) is 1.89. The molecule has 1 heterocycles. The Bertz CT molecular complexity index is 345. The SMILES string of the molecule is CCOC(C)(C)C(O)Cc1cc(C)nn1C. The molecule has 0 aliphatic heterocycles. The van der Waals surface area contributed by atoms with Gasteiger partial charge in [0.15, 0.2) is 0 Å². The Balaban J connectivity index is 2.70. The minimum atomic E-state index is -0.526. The summed E-state index contributed by atoms with van der Waals surface area (Å²) in [5, 5.41) is 14.4. The number of nitrogens with zero attached hydrogens (tertiary/aromatic N) is 2. The zero-order valence-corrected chi connectivity index (χ0v) is 10.8. The number of hydrogen-bond acceptors (Lipinski definition) is 3. The lowest BCUT2D eigenvalue weighted by molar-refractivity contribution is -0.0960. The molecular formula is C12H22N2O2. The van der Waals surface area contributed by atoms with Crippen LogP contribution in [-0.4, -0.2) is 33.2 Å². The number of rotatable bonds is 5. The van der Waals surface area contributed by atoms with E-state index in [0.717, 1.165) is 11.4 Å². The van der Waals surface area contributed by atoms with Crippen molar-refractivity contribution in [3.8, 4) is 0 Å². The van der Waals surface area contributed by atoms with Crippen molar-refractivity contribution in [1.82, 2.24) is 9.78 Å². The molecule has 1 rings (SSSR count). The van der Waals surface area contributed by atoms with E-state index in [0.29, 0.717) is 13.0 Å². The summed E-state index contributed by atoms with van der Waals surface area (Å²) in [6, 6.07) is 1.99. The second-order valence-corrected chi connectivity index (χ2v) is 4.66. The predicted octanol–water partition coefficient (Wildman–Crippen LogP) is 1.45. The molecule has 92 valence electrons. The molecule has 0 bridgehead atoms. The van der Waals surface area contributed by atoms with Crippen LogP contribution in [0.15, 0.2) is 6.07 Å². The van der Waals surface area contributed by atoms with Crippen molar-refractivity contribution in [1.29, 1.82) is 0 Å². The van der Waals surface area contributed by atoms with Gasteiger partial charge < -0.3 is 9.84 Å².